The molecule has 7 rings (SSSR count). The predicted octanol–water partition coefficient (Wildman–Crippen LogP) is 8.07. The summed E-state index contributed by atoms with van der Waals surface area (Å²) in [6.45, 7) is 1.70. The SMILES string of the molecule is COCCOc1ccc2c(c1)C1(c3ccccc3C(=C(C#N)C#N)c3ccccc31)c1cc(OCCOC)ccc1N2c1ccccc1. The van der Waals surface area contributed by atoms with E-state index in [9.17, 15) is 10.5 Å². The van der Waals surface area contributed by atoms with Crippen LogP contribution in [0, 0.1) is 22.7 Å². The third-order valence-corrected chi connectivity index (χ3v) is 9.03. The maximum atomic E-state index is 10.2. The van der Waals surface area contributed by atoms with E-state index in [2.05, 4.69) is 65.6 Å². The lowest BCUT2D eigenvalue weighted by Gasteiger charge is -2.49. The lowest BCUT2D eigenvalue weighted by Crippen LogP contribution is -2.41. The Morgan fingerprint density at radius 1 is 0.583 bits per heavy atom. The predicted molar refractivity (Wildman–Crippen MR) is 185 cm³/mol. The van der Waals surface area contributed by atoms with E-state index in [0.29, 0.717) is 43.5 Å². The molecule has 0 bridgehead atoms. The number of hydrogen-bond donors (Lipinski definition) is 0. The highest BCUT2D eigenvalue weighted by Crippen LogP contribution is 2.62. The molecular formula is C41H33N3O4. The van der Waals surface area contributed by atoms with Gasteiger partial charge in [0.05, 0.1) is 30.0 Å². The van der Waals surface area contributed by atoms with Gasteiger partial charge in [-0.2, -0.15) is 10.5 Å². The Morgan fingerprint density at radius 2 is 1.06 bits per heavy atom. The molecule has 0 N–H and O–H groups in total. The van der Waals surface area contributed by atoms with Crippen LogP contribution in [0.1, 0.15) is 33.4 Å². The molecule has 0 fully saturated rings. The van der Waals surface area contributed by atoms with E-state index in [0.717, 1.165) is 50.4 Å². The minimum absolute atomic E-state index is 0.0696. The first-order valence-corrected chi connectivity index (χ1v) is 15.8. The topological polar surface area (TPSA) is 87.7 Å². The van der Waals surface area contributed by atoms with E-state index in [1.807, 2.05) is 66.7 Å². The van der Waals surface area contributed by atoms with E-state index < -0.39 is 5.41 Å². The van der Waals surface area contributed by atoms with Gasteiger partial charge in [0.15, 0.2) is 0 Å². The van der Waals surface area contributed by atoms with E-state index in [1.165, 1.54) is 0 Å². The summed E-state index contributed by atoms with van der Waals surface area (Å²) < 4.78 is 23.1. The minimum atomic E-state index is -0.885. The Balaban J connectivity index is 1.64. The van der Waals surface area contributed by atoms with E-state index in [-0.39, 0.29) is 5.57 Å². The summed E-state index contributed by atoms with van der Waals surface area (Å²) in [6, 6.07) is 43.4. The van der Waals surface area contributed by atoms with E-state index in [1.54, 1.807) is 14.2 Å². The van der Waals surface area contributed by atoms with Crippen LogP contribution < -0.4 is 14.4 Å². The summed E-state index contributed by atoms with van der Waals surface area (Å²) in [7, 11) is 3.31. The standard InChI is InChI=1S/C41H33N3O4/c1-45-20-22-47-30-16-18-38-36(24-30)41(34-14-8-6-12-32(34)40(28(26-42)27-43)33-13-7-9-15-35(33)41)37-25-31(48-23-21-46-2)17-19-39(37)44(38)29-10-4-3-5-11-29/h3-19,24-25H,20-23H2,1-2H3. The highest BCUT2D eigenvalue weighted by Gasteiger charge is 2.51. The summed E-state index contributed by atoms with van der Waals surface area (Å²) in [5.41, 5.74) is 8.36. The zero-order valence-electron chi connectivity index (χ0n) is 26.8. The number of methoxy groups -OCH3 is 2. The Labute approximate surface area is 280 Å². The van der Waals surface area contributed by atoms with Crippen LogP contribution in [-0.4, -0.2) is 40.6 Å². The van der Waals surface area contributed by atoms with Gasteiger partial charge in [-0.05, 0) is 81.9 Å². The number of allylic oxidation sites excluding steroid dienone is 1. The van der Waals surface area contributed by atoms with Crippen LogP contribution in [0.2, 0.25) is 0 Å². The van der Waals surface area contributed by atoms with Crippen LogP contribution in [0.5, 0.6) is 11.5 Å². The molecule has 236 valence electrons. The molecule has 0 radical (unpaired) electrons. The average Bonchev–Trinajstić information content (AvgIpc) is 3.14. The minimum Gasteiger partial charge on any atom is -0.491 e. The lowest BCUT2D eigenvalue weighted by molar-refractivity contribution is 0.146. The summed E-state index contributed by atoms with van der Waals surface area (Å²) in [5, 5.41) is 20.4. The normalized spacial score (nSPS) is 13.3. The molecule has 0 amide bonds. The van der Waals surface area contributed by atoms with Crippen molar-refractivity contribution in [3.8, 4) is 23.6 Å². The van der Waals surface area contributed by atoms with Gasteiger partial charge in [-0.15, -0.1) is 0 Å². The molecule has 0 saturated carbocycles. The van der Waals surface area contributed by atoms with Crippen molar-refractivity contribution in [3.05, 3.63) is 154 Å². The van der Waals surface area contributed by atoms with Gasteiger partial charge in [-0.1, -0.05) is 66.7 Å². The van der Waals surface area contributed by atoms with Crippen molar-refractivity contribution in [1.82, 2.24) is 0 Å². The van der Waals surface area contributed by atoms with Crippen LogP contribution in [0.4, 0.5) is 17.1 Å². The molecule has 1 aliphatic heterocycles. The number of anilines is 3. The van der Waals surface area contributed by atoms with E-state index in [4.69, 9.17) is 18.9 Å². The quantitative estimate of drug-likeness (QED) is 0.118. The Bertz CT molecular complexity index is 1980. The number of para-hydroxylation sites is 1. The fourth-order valence-electron chi connectivity index (χ4n) is 7.15. The number of nitriles is 2. The van der Waals surface area contributed by atoms with Crippen LogP contribution in [0.3, 0.4) is 0 Å². The molecule has 0 atom stereocenters. The molecule has 0 unspecified atom stereocenters. The smallest absolute Gasteiger partial charge is 0.138 e. The molecule has 5 aromatic carbocycles. The van der Waals surface area contributed by atoms with Crippen molar-refractivity contribution in [3.63, 3.8) is 0 Å². The highest BCUT2D eigenvalue weighted by atomic mass is 16.5. The van der Waals surface area contributed by atoms with Gasteiger partial charge in [0.25, 0.3) is 0 Å². The zero-order valence-corrected chi connectivity index (χ0v) is 26.8. The van der Waals surface area contributed by atoms with Crippen molar-refractivity contribution < 1.29 is 18.9 Å². The van der Waals surface area contributed by atoms with Gasteiger partial charge in [0.2, 0.25) is 0 Å². The molecule has 1 spiro atoms. The summed E-state index contributed by atoms with van der Waals surface area (Å²) in [4.78, 5) is 2.28. The van der Waals surface area contributed by atoms with Crippen molar-refractivity contribution in [1.29, 1.82) is 10.5 Å². The van der Waals surface area contributed by atoms with Crippen LogP contribution in [-0.2, 0) is 14.9 Å². The number of rotatable bonds is 9. The molecule has 1 heterocycles. The molecule has 0 aromatic heterocycles. The molecular weight excluding hydrogens is 598 g/mol. The molecule has 0 saturated heterocycles. The molecule has 7 heteroatoms. The van der Waals surface area contributed by atoms with Crippen molar-refractivity contribution in [2.75, 3.05) is 45.5 Å². The average molecular weight is 632 g/mol. The van der Waals surface area contributed by atoms with Crippen molar-refractivity contribution in [2.24, 2.45) is 0 Å². The summed E-state index contributed by atoms with van der Waals surface area (Å²) >= 11 is 0. The second kappa shape index (κ2) is 13.1. The second-order valence-corrected chi connectivity index (χ2v) is 11.5. The van der Waals surface area contributed by atoms with Gasteiger partial charge in [0, 0.05) is 25.5 Å². The number of nitrogens with zero attached hydrogens (tertiary/aromatic N) is 3. The van der Waals surface area contributed by atoms with Crippen molar-refractivity contribution >= 4 is 22.6 Å². The zero-order chi connectivity index (χ0) is 33.1. The monoisotopic (exact) mass is 631 g/mol. The number of ether oxygens (including phenoxy) is 4. The highest BCUT2D eigenvalue weighted by molar-refractivity contribution is 5.99. The third kappa shape index (κ3) is 4.89. The number of benzene rings is 5. The van der Waals surface area contributed by atoms with Crippen LogP contribution in [0.25, 0.3) is 5.57 Å². The fraction of sp³-hybridized carbons (Fsp3) is 0.171. The first-order chi connectivity index (χ1) is 23.7. The number of hydrogen-bond acceptors (Lipinski definition) is 7. The summed E-state index contributed by atoms with van der Waals surface area (Å²) in [6.07, 6.45) is 0. The maximum absolute atomic E-state index is 10.2. The fourth-order valence-corrected chi connectivity index (χ4v) is 7.15. The first kappa shape index (κ1) is 30.8. The Hall–Kier alpha value is -5.86. The van der Waals surface area contributed by atoms with Crippen LogP contribution in [0.15, 0.2) is 121 Å². The molecule has 48 heavy (non-hydrogen) atoms. The van der Waals surface area contributed by atoms with Crippen molar-refractivity contribution in [2.45, 2.75) is 5.41 Å². The second-order valence-electron chi connectivity index (χ2n) is 11.5. The maximum Gasteiger partial charge on any atom is 0.138 e. The Kier molecular flexibility index (Phi) is 8.40. The molecule has 1 aliphatic carbocycles. The van der Waals surface area contributed by atoms with Gasteiger partial charge < -0.3 is 23.8 Å². The van der Waals surface area contributed by atoms with Gasteiger partial charge in [-0.3, -0.25) is 0 Å². The van der Waals surface area contributed by atoms with Crippen LogP contribution >= 0.6 is 0 Å². The third-order valence-electron chi connectivity index (χ3n) is 9.03. The molecule has 7 nitrogen and oxygen atoms in total. The molecule has 5 aromatic rings. The number of fused-ring (bicyclic) bond motifs is 8. The summed E-state index contributed by atoms with van der Waals surface area (Å²) in [5.74, 6) is 1.42. The molecule has 2 aliphatic rings. The first-order valence-electron chi connectivity index (χ1n) is 15.8. The lowest BCUT2D eigenvalue weighted by atomic mass is 9.56. The van der Waals surface area contributed by atoms with Gasteiger partial charge in [0.1, 0.15) is 42.4 Å². The largest absolute Gasteiger partial charge is 0.491 e. The van der Waals surface area contributed by atoms with Gasteiger partial charge in [-0.25, -0.2) is 0 Å². The van der Waals surface area contributed by atoms with E-state index >= 15 is 0 Å². The van der Waals surface area contributed by atoms with Gasteiger partial charge >= 0.3 is 0 Å². The Morgan fingerprint density at radius 3 is 1.54 bits per heavy atom.